The van der Waals surface area contributed by atoms with Gasteiger partial charge in [0, 0.05) is 5.69 Å². The lowest BCUT2D eigenvalue weighted by atomic mass is 10.2. The van der Waals surface area contributed by atoms with Crippen LogP contribution in [0, 0.1) is 0 Å². The summed E-state index contributed by atoms with van der Waals surface area (Å²) >= 11 is 5.53. The number of anilines is 1. The van der Waals surface area contributed by atoms with Gasteiger partial charge in [-0.05, 0) is 42.3 Å². The Morgan fingerprint density at radius 2 is 1.83 bits per heavy atom. The number of nitrogens with one attached hydrogen (secondary N) is 1. The number of hydrogen-bond donors (Lipinski definition) is 1. The summed E-state index contributed by atoms with van der Waals surface area (Å²) in [6, 6.07) is 10.4. The van der Waals surface area contributed by atoms with Gasteiger partial charge in [0.2, 0.25) is 0 Å². The van der Waals surface area contributed by atoms with Crippen LogP contribution in [0.2, 0.25) is 5.02 Å². The van der Waals surface area contributed by atoms with Crippen LogP contribution in [-0.4, -0.2) is 12.5 Å². The van der Waals surface area contributed by atoms with Crippen LogP contribution < -0.4 is 10.1 Å². The third-order valence-electron chi connectivity index (χ3n) is 3.26. The first-order chi connectivity index (χ1) is 11.3. The minimum absolute atomic E-state index is 0.00153. The van der Waals surface area contributed by atoms with Crippen molar-refractivity contribution in [2.45, 2.75) is 19.5 Å². The summed E-state index contributed by atoms with van der Waals surface area (Å²) < 4.78 is 43.6. The number of alkyl halides is 3. The smallest absolute Gasteiger partial charge is 0.417 e. The van der Waals surface area contributed by atoms with E-state index in [1.165, 1.54) is 6.07 Å². The molecule has 24 heavy (non-hydrogen) atoms. The fourth-order valence-corrected chi connectivity index (χ4v) is 2.21. The second kappa shape index (κ2) is 7.57. The standard InChI is InChI=1S/C17H15ClF3NO2/c1-2-11-3-6-13(7-4-11)24-10-16(23)22-12-5-8-15(18)14(9-12)17(19,20)21/h3-9H,2,10H2,1H3,(H,22,23). The Morgan fingerprint density at radius 3 is 2.42 bits per heavy atom. The third kappa shape index (κ3) is 4.89. The van der Waals surface area contributed by atoms with E-state index in [-0.39, 0.29) is 12.3 Å². The molecule has 0 spiro atoms. The monoisotopic (exact) mass is 357 g/mol. The largest absolute Gasteiger partial charge is 0.484 e. The highest BCUT2D eigenvalue weighted by Gasteiger charge is 2.33. The van der Waals surface area contributed by atoms with Gasteiger partial charge in [0.15, 0.2) is 6.61 Å². The van der Waals surface area contributed by atoms with Crippen LogP contribution in [0.1, 0.15) is 18.1 Å². The maximum Gasteiger partial charge on any atom is 0.417 e. The Bertz CT molecular complexity index is 715. The fourth-order valence-electron chi connectivity index (χ4n) is 1.99. The van der Waals surface area contributed by atoms with Gasteiger partial charge >= 0.3 is 6.18 Å². The van der Waals surface area contributed by atoms with Crippen molar-refractivity contribution in [1.82, 2.24) is 0 Å². The van der Waals surface area contributed by atoms with Gasteiger partial charge in [0.05, 0.1) is 10.6 Å². The van der Waals surface area contributed by atoms with E-state index >= 15 is 0 Å². The summed E-state index contributed by atoms with van der Waals surface area (Å²) in [6.07, 6.45) is -3.70. The molecule has 7 heteroatoms. The number of ether oxygens (including phenoxy) is 1. The quantitative estimate of drug-likeness (QED) is 0.823. The van der Waals surface area contributed by atoms with E-state index in [1.54, 1.807) is 12.1 Å². The first-order valence-corrected chi connectivity index (χ1v) is 7.55. The van der Waals surface area contributed by atoms with Crippen molar-refractivity contribution in [2.24, 2.45) is 0 Å². The number of carbonyl (C=O) groups excluding carboxylic acids is 1. The molecule has 0 aliphatic carbocycles. The molecule has 2 aromatic rings. The maximum absolute atomic E-state index is 12.8. The van der Waals surface area contributed by atoms with Crippen LogP contribution in [0.15, 0.2) is 42.5 Å². The topological polar surface area (TPSA) is 38.3 Å². The summed E-state index contributed by atoms with van der Waals surface area (Å²) in [5.41, 5.74) is 0.132. The van der Waals surface area contributed by atoms with E-state index in [9.17, 15) is 18.0 Å². The molecular formula is C17H15ClF3NO2. The molecule has 1 N–H and O–H groups in total. The predicted octanol–water partition coefficient (Wildman–Crippen LogP) is 4.94. The highest BCUT2D eigenvalue weighted by Crippen LogP contribution is 2.36. The van der Waals surface area contributed by atoms with Gasteiger partial charge in [-0.2, -0.15) is 13.2 Å². The Morgan fingerprint density at radius 1 is 1.17 bits per heavy atom. The molecule has 0 bridgehead atoms. The third-order valence-corrected chi connectivity index (χ3v) is 3.59. The van der Waals surface area contributed by atoms with Crippen LogP contribution in [0.25, 0.3) is 0 Å². The van der Waals surface area contributed by atoms with Gasteiger partial charge in [-0.15, -0.1) is 0 Å². The number of rotatable bonds is 5. The van der Waals surface area contributed by atoms with E-state index in [4.69, 9.17) is 16.3 Å². The van der Waals surface area contributed by atoms with Gasteiger partial charge in [0.1, 0.15) is 5.75 Å². The molecule has 2 rings (SSSR count). The molecule has 0 heterocycles. The Labute approximate surface area is 142 Å². The van der Waals surface area contributed by atoms with E-state index in [2.05, 4.69) is 5.32 Å². The van der Waals surface area contributed by atoms with Crippen molar-refractivity contribution < 1.29 is 22.7 Å². The molecule has 1 amide bonds. The summed E-state index contributed by atoms with van der Waals surface area (Å²) in [7, 11) is 0. The highest BCUT2D eigenvalue weighted by atomic mass is 35.5. The Hall–Kier alpha value is -2.21. The van der Waals surface area contributed by atoms with Crippen molar-refractivity contribution in [3.8, 4) is 5.75 Å². The zero-order chi connectivity index (χ0) is 17.7. The number of carbonyl (C=O) groups is 1. The van der Waals surface area contributed by atoms with E-state index in [1.807, 2.05) is 19.1 Å². The van der Waals surface area contributed by atoms with E-state index in [0.29, 0.717) is 5.75 Å². The number of amides is 1. The normalized spacial score (nSPS) is 11.2. The van der Waals surface area contributed by atoms with Gasteiger partial charge in [-0.25, -0.2) is 0 Å². The maximum atomic E-state index is 12.8. The number of halogens is 4. The summed E-state index contributed by atoms with van der Waals surface area (Å²) in [5.74, 6) is -0.0561. The molecule has 0 atom stereocenters. The first-order valence-electron chi connectivity index (χ1n) is 7.18. The Kier molecular flexibility index (Phi) is 5.72. The van der Waals surface area contributed by atoms with Crippen molar-refractivity contribution in [2.75, 3.05) is 11.9 Å². The fraction of sp³-hybridized carbons (Fsp3) is 0.235. The zero-order valence-electron chi connectivity index (χ0n) is 12.8. The molecule has 128 valence electrons. The average Bonchev–Trinajstić information content (AvgIpc) is 2.54. The van der Waals surface area contributed by atoms with E-state index < -0.39 is 22.7 Å². The Balaban J connectivity index is 1.97. The predicted molar refractivity (Wildman–Crippen MR) is 86.4 cm³/mol. The molecule has 0 saturated heterocycles. The molecule has 0 aromatic heterocycles. The molecule has 3 nitrogen and oxygen atoms in total. The van der Waals surface area contributed by atoms with Crippen LogP contribution >= 0.6 is 11.6 Å². The summed E-state index contributed by atoms with van der Waals surface area (Å²) in [6.45, 7) is 1.71. The summed E-state index contributed by atoms with van der Waals surface area (Å²) in [4.78, 5) is 11.8. The number of aryl methyl sites for hydroxylation is 1. The van der Waals surface area contributed by atoms with Crippen molar-refractivity contribution in [1.29, 1.82) is 0 Å². The number of hydrogen-bond acceptors (Lipinski definition) is 2. The average molecular weight is 358 g/mol. The minimum Gasteiger partial charge on any atom is -0.484 e. The second-order valence-corrected chi connectivity index (χ2v) is 5.43. The highest BCUT2D eigenvalue weighted by molar-refractivity contribution is 6.31. The van der Waals surface area contributed by atoms with Crippen LogP contribution in [0.5, 0.6) is 5.75 Å². The lowest BCUT2D eigenvalue weighted by Crippen LogP contribution is -2.20. The van der Waals surface area contributed by atoms with Crippen molar-refractivity contribution >= 4 is 23.2 Å². The van der Waals surface area contributed by atoms with Crippen LogP contribution in [-0.2, 0) is 17.4 Å². The van der Waals surface area contributed by atoms with Crippen molar-refractivity contribution in [3.05, 3.63) is 58.6 Å². The summed E-state index contributed by atoms with van der Waals surface area (Å²) in [5, 5.41) is 1.93. The SMILES string of the molecule is CCc1ccc(OCC(=O)Nc2ccc(Cl)c(C(F)(F)F)c2)cc1. The molecule has 2 aromatic carbocycles. The molecule has 0 aliphatic heterocycles. The minimum atomic E-state index is -4.59. The first kappa shape index (κ1) is 18.1. The molecule has 0 unspecified atom stereocenters. The molecular weight excluding hydrogens is 343 g/mol. The van der Waals surface area contributed by atoms with Crippen LogP contribution in [0.3, 0.4) is 0 Å². The van der Waals surface area contributed by atoms with Gasteiger partial charge in [-0.1, -0.05) is 30.7 Å². The lowest BCUT2D eigenvalue weighted by molar-refractivity contribution is -0.137. The zero-order valence-corrected chi connectivity index (χ0v) is 13.5. The molecule has 0 saturated carbocycles. The molecule has 0 fully saturated rings. The van der Waals surface area contributed by atoms with Gasteiger partial charge < -0.3 is 10.1 Å². The van der Waals surface area contributed by atoms with Crippen molar-refractivity contribution in [3.63, 3.8) is 0 Å². The van der Waals surface area contributed by atoms with Gasteiger partial charge in [0.25, 0.3) is 5.91 Å². The molecule has 0 radical (unpaired) electrons. The second-order valence-electron chi connectivity index (χ2n) is 5.03. The van der Waals surface area contributed by atoms with E-state index in [0.717, 1.165) is 24.1 Å². The molecule has 0 aliphatic rings. The van der Waals surface area contributed by atoms with Crippen LogP contribution in [0.4, 0.5) is 18.9 Å². The number of benzene rings is 2. The lowest BCUT2D eigenvalue weighted by Gasteiger charge is -2.12. The van der Waals surface area contributed by atoms with Gasteiger partial charge in [-0.3, -0.25) is 4.79 Å².